The minimum atomic E-state index is -0.855. The van der Waals surface area contributed by atoms with Gasteiger partial charge in [0.05, 0.1) is 10.5 Å². The van der Waals surface area contributed by atoms with E-state index in [0.717, 1.165) is 6.07 Å². The number of nitro groups is 1. The number of halogens is 1. The van der Waals surface area contributed by atoms with Crippen LogP contribution >= 0.6 is 0 Å². The third-order valence-corrected chi connectivity index (χ3v) is 2.69. The molecule has 20 heavy (non-hydrogen) atoms. The summed E-state index contributed by atoms with van der Waals surface area (Å²) in [4.78, 5) is 33.0. The number of benzene rings is 2. The lowest BCUT2D eigenvalue weighted by Gasteiger charge is -2.04. The molecule has 2 aromatic rings. The molecule has 0 aliphatic rings. The van der Waals surface area contributed by atoms with Gasteiger partial charge < -0.3 is 0 Å². The predicted molar refractivity (Wildman–Crippen MR) is 67.7 cm³/mol. The fourth-order valence-corrected chi connectivity index (χ4v) is 1.80. The summed E-state index contributed by atoms with van der Waals surface area (Å²) in [5.41, 5.74) is -1.66. The molecule has 2 aromatic carbocycles. The van der Waals surface area contributed by atoms with E-state index in [4.69, 9.17) is 0 Å². The van der Waals surface area contributed by atoms with E-state index >= 15 is 0 Å². The van der Waals surface area contributed by atoms with Gasteiger partial charge in [0, 0.05) is 0 Å². The number of carbonyl (C=O) groups is 1. The number of para-hydroxylation sites is 1. The Kier molecular flexibility index (Phi) is 3.65. The van der Waals surface area contributed by atoms with Gasteiger partial charge in [0.2, 0.25) is 12.1 Å². The van der Waals surface area contributed by atoms with Gasteiger partial charge in [0.25, 0.3) is 5.69 Å². The summed E-state index contributed by atoms with van der Waals surface area (Å²) in [5, 5.41) is 11.0. The van der Waals surface area contributed by atoms with Crippen LogP contribution in [-0.4, -0.2) is 17.0 Å². The van der Waals surface area contributed by atoms with Crippen molar-refractivity contribution < 1.29 is 18.9 Å². The normalized spacial score (nSPS) is 10.1. The molecule has 2 rings (SSSR count). The minimum Gasteiger partial charge on any atom is -0.288 e. The Morgan fingerprint density at radius 1 is 1.10 bits per heavy atom. The second-order valence-corrected chi connectivity index (χ2v) is 3.87. The highest BCUT2D eigenvalue weighted by Crippen LogP contribution is 2.25. The number of ketones is 1. The van der Waals surface area contributed by atoms with Crippen LogP contribution in [0.5, 0.6) is 0 Å². The van der Waals surface area contributed by atoms with E-state index in [1.807, 2.05) is 0 Å². The van der Waals surface area contributed by atoms with Crippen LogP contribution in [-0.2, 0) is 4.79 Å². The van der Waals surface area contributed by atoms with Crippen molar-refractivity contribution in [3.05, 3.63) is 75.1 Å². The van der Waals surface area contributed by atoms with Gasteiger partial charge in [-0.1, -0.05) is 18.2 Å². The molecule has 0 bridgehead atoms. The summed E-state index contributed by atoms with van der Waals surface area (Å²) in [6, 6.07) is 8.79. The van der Waals surface area contributed by atoms with Crippen LogP contribution in [0.25, 0.3) is 0 Å². The lowest BCUT2D eigenvalue weighted by Crippen LogP contribution is -2.09. The zero-order chi connectivity index (χ0) is 14.7. The Hall–Kier alpha value is -2.89. The first-order valence-corrected chi connectivity index (χ1v) is 5.51. The molecule has 0 aromatic heterocycles. The lowest BCUT2D eigenvalue weighted by atomic mass is 9.99. The molecule has 6 heteroatoms. The summed E-state index contributed by atoms with van der Waals surface area (Å²) in [6.07, 6.45) is 1.40. The molecule has 0 heterocycles. The maximum Gasteiger partial charge on any atom is 0.291 e. The topological polar surface area (TPSA) is 77.3 Å². The van der Waals surface area contributed by atoms with Crippen molar-refractivity contribution in [3.8, 4) is 0 Å². The van der Waals surface area contributed by atoms with Gasteiger partial charge >= 0.3 is 0 Å². The van der Waals surface area contributed by atoms with Crippen LogP contribution in [0.1, 0.15) is 21.5 Å². The summed E-state index contributed by atoms with van der Waals surface area (Å²) < 4.78 is 13.6. The number of rotatable bonds is 4. The van der Waals surface area contributed by atoms with Gasteiger partial charge in [-0.3, -0.25) is 19.7 Å². The fraction of sp³-hybridized carbons (Fsp3) is 0. The molecule has 0 aliphatic heterocycles. The molecule has 5 nitrogen and oxygen atoms in total. The van der Waals surface area contributed by atoms with Crippen molar-refractivity contribution in [2.45, 2.75) is 0 Å². The van der Waals surface area contributed by atoms with Crippen molar-refractivity contribution in [2.24, 2.45) is 0 Å². The van der Waals surface area contributed by atoms with Gasteiger partial charge in [-0.15, -0.1) is 0 Å². The molecule has 0 saturated carbocycles. The summed E-state index contributed by atoms with van der Waals surface area (Å²) in [7, 11) is 0. The monoisotopic (exact) mass is 272 g/mol. The van der Waals surface area contributed by atoms with Crippen LogP contribution in [0.2, 0.25) is 0 Å². The number of hydrogen-bond acceptors (Lipinski definition) is 4. The molecular weight excluding hydrogens is 265 g/mol. The minimum absolute atomic E-state index is 0.293. The predicted octanol–water partition coefficient (Wildman–Crippen LogP) is 2.42. The van der Waals surface area contributed by atoms with E-state index in [1.165, 1.54) is 42.7 Å². The second-order valence-electron chi connectivity index (χ2n) is 3.87. The van der Waals surface area contributed by atoms with E-state index in [9.17, 15) is 24.1 Å². The maximum atomic E-state index is 13.6. The molecule has 0 fully saturated rings. The summed E-state index contributed by atoms with van der Waals surface area (Å²) in [6.45, 7) is 0. The van der Waals surface area contributed by atoms with Gasteiger partial charge in [0.15, 0.2) is 0 Å². The molecule has 0 saturated heterocycles. The van der Waals surface area contributed by atoms with Gasteiger partial charge in [-0.25, -0.2) is 4.39 Å². The Morgan fingerprint density at radius 2 is 1.75 bits per heavy atom. The van der Waals surface area contributed by atoms with Crippen LogP contribution in [0.15, 0.2) is 42.5 Å². The number of nitrogens with zero attached hydrogens (tertiary/aromatic N) is 1. The van der Waals surface area contributed by atoms with Crippen LogP contribution < -0.4 is 0 Å². The zero-order valence-electron chi connectivity index (χ0n) is 10.00. The number of hydrogen-bond donors (Lipinski definition) is 0. The highest BCUT2D eigenvalue weighted by atomic mass is 19.1. The third-order valence-electron chi connectivity index (χ3n) is 2.69. The van der Waals surface area contributed by atoms with Crippen molar-refractivity contribution in [2.75, 3.05) is 0 Å². The molecule has 0 unspecified atom stereocenters. The average molecular weight is 272 g/mol. The Morgan fingerprint density at radius 3 is 2.35 bits per heavy atom. The van der Waals surface area contributed by atoms with E-state index in [1.54, 1.807) is 0 Å². The van der Waals surface area contributed by atoms with Crippen molar-refractivity contribution in [1.82, 2.24) is 0 Å². The third kappa shape index (κ3) is 2.31. The fourth-order valence-electron chi connectivity index (χ4n) is 1.80. The molecule has 0 spiro atoms. The molecule has 0 N–H and O–H groups in total. The van der Waals surface area contributed by atoms with Crippen LogP contribution in [0.4, 0.5) is 10.1 Å². The van der Waals surface area contributed by atoms with Crippen molar-refractivity contribution in [3.63, 3.8) is 0 Å². The van der Waals surface area contributed by atoms with Crippen molar-refractivity contribution in [1.29, 1.82) is 0 Å². The van der Waals surface area contributed by atoms with E-state index in [2.05, 4.69) is 0 Å². The Bertz CT molecular complexity index is 712. The van der Waals surface area contributed by atoms with Gasteiger partial charge in [0.1, 0.15) is 16.9 Å². The SMILES string of the molecule is O=[C]c1cccc(C(=O)c2ccccc2F)c1[N+](=O)[O-]. The van der Waals surface area contributed by atoms with E-state index in [-0.39, 0.29) is 16.7 Å². The Balaban J connectivity index is 2.64. The molecule has 0 atom stereocenters. The van der Waals surface area contributed by atoms with E-state index < -0.39 is 22.2 Å². The number of carbonyl (C=O) groups excluding carboxylic acids is 2. The Labute approximate surface area is 112 Å². The molecule has 99 valence electrons. The molecule has 0 amide bonds. The second kappa shape index (κ2) is 5.40. The quantitative estimate of drug-likeness (QED) is 0.486. The highest BCUT2D eigenvalue weighted by molar-refractivity contribution is 6.13. The summed E-state index contributed by atoms with van der Waals surface area (Å²) in [5.74, 6) is -1.64. The summed E-state index contributed by atoms with van der Waals surface area (Å²) >= 11 is 0. The van der Waals surface area contributed by atoms with E-state index in [0.29, 0.717) is 0 Å². The number of nitro benzene ring substituents is 1. The van der Waals surface area contributed by atoms with Gasteiger partial charge in [-0.05, 0) is 24.3 Å². The largest absolute Gasteiger partial charge is 0.291 e. The standard InChI is InChI=1S/C14H7FNO4/c15-12-7-2-1-5-10(12)14(18)11-6-3-4-9(8-17)13(11)16(19)20/h1-7H. The van der Waals surface area contributed by atoms with Crippen molar-refractivity contribution >= 4 is 17.8 Å². The lowest BCUT2D eigenvalue weighted by molar-refractivity contribution is -0.385. The highest BCUT2D eigenvalue weighted by Gasteiger charge is 2.26. The first kappa shape index (κ1) is 13.5. The average Bonchev–Trinajstić information content (AvgIpc) is 2.46. The first-order chi connectivity index (χ1) is 9.56. The zero-order valence-corrected chi connectivity index (χ0v) is 10.00. The van der Waals surface area contributed by atoms with Gasteiger partial charge in [-0.2, -0.15) is 0 Å². The molecular formula is C14H7FNO4. The van der Waals surface area contributed by atoms with Crippen LogP contribution in [0, 0.1) is 15.9 Å². The smallest absolute Gasteiger partial charge is 0.288 e. The molecule has 0 aliphatic carbocycles. The maximum absolute atomic E-state index is 13.6. The first-order valence-electron chi connectivity index (χ1n) is 5.51. The molecule has 1 radical (unpaired) electrons. The van der Waals surface area contributed by atoms with Crippen LogP contribution in [0.3, 0.4) is 0 Å².